The molecule has 0 aromatic heterocycles. The van der Waals surface area contributed by atoms with Gasteiger partial charge in [0.25, 0.3) is 0 Å². The Hall–Kier alpha value is -3.87. The van der Waals surface area contributed by atoms with E-state index >= 15 is 0 Å². The summed E-state index contributed by atoms with van der Waals surface area (Å²) in [7, 11) is 0. The third-order valence-corrected chi connectivity index (χ3v) is 4.26. The van der Waals surface area contributed by atoms with Crippen molar-refractivity contribution in [1.29, 1.82) is 0 Å². The Morgan fingerprint density at radius 3 is 2.18 bits per heavy atom. The summed E-state index contributed by atoms with van der Waals surface area (Å²) in [5.74, 6) is -0.651. The van der Waals surface area contributed by atoms with Crippen LogP contribution in [0.3, 0.4) is 0 Å². The molecule has 0 N–H and O–H groups in total. The third-order valence-electron chi connectivity index (χ3n) is 4.26. The van der Waals surface area contributed by atoms with E-state index in [0.29, 0.717) is 35.7 Å². The fraction of sp³-hybridized carbons (Fsp3) is 0.269. The predicted molar refractivity (Wildman–Crippen MR) is 124 cm³/mol. The molecule has 0 saturated carbocycles. The fourth-order valence-corrected chi connectivity index (χ4v) is 2.59. The van der Waals surface area contributed by atoms with E-state index in [9.17, 15) is 14.4 Å². The van der Waals surface area contributed by atoms with Gasteiger partial charge in [0.2, 0.25) is 6.29 Å². The van der Waals surface area contributed by atoms with Gasteiger partial charge in [-0.25, -0.2) is 14.4 Å². The van der Waals surface area contributed by atoms with Crippen molar-refractivity contribution in [3.8, 4) is 11.5 Å². The number of hydrogen-bond donors (Lipinski definition) is 0. The van der Waals surface area contributed by atoms with Crippen LogP contribution in [0.5, 0.6) is 11.5 Å². The first-order valence-corrected chi connectivity index (χ1v) is 10.6. The zero-order chi connectivity index (χ0) is 24.2. The summed E-state index contributed by atoms with van der Waals surface area (Å²) in [6, 6.07) is 13.0. The number of benzene rings is 2. The highest BCUT2D eigenvalue weighted by Crippen LogP contribution is 2.19. The average molecular weight is 453 g/mol. The standard InChI is InChI=1S/C26H28O7/c1-5-7-24(33-25(28)18(3)4)31-21-15-11-20(12-16-21)26(29)32-22-13-8-19(9-14-22)10-17-23(27)30-6-2/h8-17,24H,3,5-7H2,1-2,4H3/b17-10+. The molecule has 0 saturated heterocycles. The predicted octanol–water partition coefficient (Wildman–Crippen LogP) is 5.11. The zero-order valence-electron chi connectivity index (χ0n) is 19.0. The summed E-state index contributed by atoms with van der Waals surface area (Å²) in [6.07, 6.45) is 3.48. The van der Waals surface area contributed by atoms with Crippen LogP contribution in [-0.4, -0.2) is 30.8 Å². The quantitative estimate of drug-likeness (QED) is 0.203. The minimum atomic E-state index is -0.742. The first-order valence-electron chi connectivity index (χ1n) is 10.6. The first-order chi connectivity index (χ1) is 15.8. The molecule has 0 heterocycles. The van der Waals surface area contributed by atoms with Gasteiger partial charge in [0.1, 0.15) is 11.5 Å². The molecule has 2 aromatic rings. The number of carbonyl (C=O) groups is 3. The summed E-state index contributed by atoms with van der Waals surface area (Å²) in [6.45, 7) is 9.13. The van der Waals surface area contributed by atoms with Gasteiger partial charge < -0.3 is 18.9 Å². The maximum absolute atomic E-state index is 12.4. The molecule has 33 heavy (non-hydrogen) atoms. The van der Waals surface area contributed by atoms with Crippen molar-refractivity contribution in [2.24, 2.45) is 0 Å². The van der Waals surface area contributed by atoms with Crippen LogP contribution in [0.1, 0.15) is 49.5 Å². The Morgan fingerprint density at radius 2 is 1.61 bits per heavy atom. The highest BCUT2D eigenvalue weighted by atomic mass is 16.7. The largest absolute Gasteiger partial charge is 0.463 e. The van der Waals surface area contributed by atoms with Crippen LogP contribution in [0, 0.1) is 0 Å². The number of rotatable bonds is 11. The van der Waals surface area contributed by atoms with Crippen molar-refractivity contribution < 1.29 is 33.3 Å². The Bertz CT molecular complexity index is 988. The van der Waals surface area contributed by atoms with Gasteiger partial charge in [-0.05, 0) is 68.3 Å². The third kappa shape index (κ3) is 8.65. The monoisotopic (exact) mass is 452 g/mol. The molecule has 0 amide bonds. The second-order valence-corrected chi connectivity index (χ2v) is 7.09. The summed E-state index contributed by atoms with van der Waals surface area (Å²) in [4.78, 5) is 35.5. The molecule has 7 heteroatoms. The van der Waals surface area contributed by atoms with Gasteiger partial charge in [-0.3, -0.25) is 0 Å². The van der Waals surface area contributed by atoms with E-state index in [-0.39, 0.29) is 0 Å². The minimum Gasteiger partial charge on any atom is -0.463 e. The van der Waals surface area contributed by atoms with Crippen molar-refractivity contribution in [3.05, 3.63) is 77.9 Å². The van der Waals surface area contributed by atoms with E-state index in [1.165, 1.54) is 6.08 Å². The van der Waals surface area contributed by atoms with Gasteiger partial charge >= 0.3 is 17.9 Å². The maximum Gasteiger partial charge on any atom is 0.343 e. The van der Waals surface area contributed by atoms with E-state index in [4.69, 9.17) is 18.9 Å². The Morgan fingerprint density at radius 1 is 0.970 bits per heavy atom. The van der Waals surface area contributed by atoms with Crippen LogP contribution < -0.4 is 9.47 Å². The second kappa shape index (κ2) is 12.9. The molecule has 0 bridgehead atoms. The molecule has 0 aliphatic heterocycles. The van der Waals surface area contributed by atoms with Crippen molar-refractivity contribution >= 4 is 24.0 Å². The molecular weight excluding hydrogens is 424 g/mol. The SMILES string of the molecule is C=C(C)C(=O)OC(CCC)Oc1ccc(C(=O)Oc2ccc(/C=C/C(=O)OCC)cc2)cc1. The Balaban J connectivity index is 1.96. The van der Waals surface area contributed by atoms with Crippen LogP contribution in [0.25, 0.3) is 6.08 Å². The van der Waals surface area contributed by atoms with Gasteiger partial charge in [0.15, 0.2) is 0 Å². The van der Waals surface area contributed by atoms with Crippen LogP contribution in [0.15, 0.2) is 66.8 Å². The van der Waals surface area contributed by atoms with Crippen molar-refractivity contribution in [2.75, 3.05) is 6.61 Å². The van der Waals surface area contributed by atoms with E-state index in [1.807, 2.05) is 6.92 Å². The van der Waals surface area contributed by atoms with Gasteiger partial charge in [-0.15, -0.1) is 0 Å². The van der Waals surface area contributed by atoms with Gasteiger partial charge in [-0.2, -0.15) is 0 Å². The number of esters is 3. The van der Waals surface area contributed by atoms with Gasteiger partial charge in [0.05, 0.1) is 12.2 Å². The topological polar surface area (TPSA) is 88.1 Å². The number of hydrogen-bond acceptors (Lipinski definition) is 7. The van der Waals surface area contributed by atoms with Gasteiger partial charge in [0, 0.05) is 18.1 Å². The summed E-state index contributed by atoms with van der Waals surface area (Å²) in [5, 5.41) is 0. The van der Waals surface area contributed by atoms with Crippen LogP contribution >= 0.6 is 0 Å². The Kier molecular flexibility index (Phi) is 9.89. The maximum atomic E-state index is 12.4. The van der Waals surface area contributed by atoms with E-state index in [2.05, 4.69) is 6.58 Å². The second-order valence-electron chi connectivity index (χ2n) is 7.09. The fourth-order valence-electron chi connectivity index (χ4n) is 2.59. The first kappa shape index (κ1) is 25.4. The molecular formula is C26H28O7. The zero-order valence-corrected chi connectivity index (χ0v) is 19.0. The van der Waals surface area contributed by atoms with Crippen LogP contribution in [0.4, 0.5) is 0 Å². The molecule has 7 nitrogen and oxygen atoms in total. The van der Waals surface area contributed by atoms with Crippen molar-refractivity contribution in [1.82, 2.24) is 0 Å². The molecule has 0 spiro atoms. The molecule has 0 radical (unpaired) electrons. The van der Waals surface area contributed by atoms with Crippen LogP contribution in [-0.2, 0) is 19.1 Å². The lowest BCUT2D eigenvalue weighted by atomic mass is 10.2. The molecule has 2 rings (SSSR count). The molecule has 0 aliphatic rings. The van der Waals surface area contributed by atoms with E-state index in [0.717, 1.165) is 12.0 Å². The average Bonchev–Trinajstić information content (AvgIpc) is 2.79. The summed E-state index contributed by atoms with van der Waals surface area (Å²) < 4.78 is 21.2. The normalized spacial score (nSPS) is 11.5. The number of carbonyl (C=O) groups excluding carboxylic acids is 3. The molecule has 1 atom stereocenters. The summed E-state index contributed by atoms with van der Waals surface area (Å²) in [5.41, 5.74) is 1.39. The molecule has 0 fully saturated rings. The van der Waals surface area contributed by atoms with Crippen molar-refractivity contribution in [2.45, 2.75) is 39.9 Å². The molecule has 1 unspecified atom stereocenters. The highest BCUT2D eigenvalue weighted by molar-refractivity contribution is 5.91. The van der Waals surface area contributed by atoms with Gasteiger partial charge in [-0.1, -0.05) is 25.6 Å². The van der Waals surface area contributed by atoms with Crippen molar-refractivity contribution in [3.63, 3.8) is 0 Å². The minimum absolute atomic E-state index is 0.292. The van der Waals surface area contributed by atoms with E-state index in [1.54, 1.807) is 68.5 Å². The molecule has 174 valence electrons. The lowest BCUT2D eigenvalue weighted by Crippen LogP contribution is -2.24. The number of ether oxygens (including phenoxy) is 4. The Labute approximate surface area is 193 Å². The smallest absolute Gasteiger partial charge is 0.343 e. The molecule has 0 aliphatic carbocycles. The highest BCUT2D eigenvalue weighted by Gasteiger charge is 2.16. The van der Waals surface area contributed by atoms with E-state index < -0.39 is 24.2 Å². The molecule has 2 aromatic carbocycles. The van der Waals surface area contributed by atoms with Crippen LogP contribution in [0.2, 0.25) is 0 Å². The summed E-state index contributed by atoms with van der Waals surface area (Å²) >= 11 is 0. The lowest BCUT2D eigenvalue weighted by molar-refractivity contribution is -0.159. The lowest BCUT2D eigenvalue weighted by Gasteiger charge is -2.19.